The van der Waals surface area contributed by atoms with E-state index in [1.165, 1.54) is 0 Å². The molecule has 0 atom stereocenters. The predicted molar refractivity (Wildman–Crippen MR) is 86.8 cm³/mol. The third kappa shape index (κ3) is 5.68. The van der Waals surface area contributed by atoms with Gasteiger partial charge >= 0.3 is 0 Å². The molecule has 1 saturated heterocycles. The Morgan fingerprint density at radius 3 is 2.77 bits per heavy atom. The molecule has 0 unspecified atom stereocenters. The maximum atomic E-state index is 12.0. The zero-order valence-electron chi connectivity index (χ0n) is 13.6. The van der Waals surface area contributed by atoms with Gasteiger partial charge in [-0.05, 0) is 48.3 Å². The van der Waals surface area contributed by atoms with Crippen molar-refractivity contribution >= 4 is 5.91 Å². The molecule has 0 radical (unpaired) electrons. The molecule has 0 bridgehead atoms. The standard InChI is InChI=1S/C18H27NO3/c1-18(2,12-14-6-8-22-9-7-14)13-19-17(21)11-15-4-3-5-16(20)10-15/h3-5,10,14,20H,6-9,11-13H2,1-2H3,(H,19,21). The maximum Gasteiger partial charge on any atom is 0.224 e. The quantitative estimate of drug-likeness (QED) is 0.849. The fourth-order valence-electron chi connectivity index (χ4n) is 3.06. The van der Waals surface area contributed by atoms with Gasteiger partial charge < -0.3 is 15.2 Å². The first-order chi connectivity index (χ1) is 10.4. The third-order valence-corrected chi connectivity index (χ3v) is 4.22. The molecule has 0 spiro atoms. The second-order valence-corrected chi connectivity index (χ2v) is 7.05. The van der Waals surface area contributed by atoms with Crippen LogP contribution in [-0.2, 0) is 16.0 Å². The van der Waals surface area contributed by atoms with Crippen molar-refractivity contribution < 1.29 is 14.6 Å². The molecule has 1 fully saturated rings. The Hall–Kier alpha value is -1.55. The van der Waals surface area contributed by atoms with Crippen molar-refractivity contribution in [1.29, 1.82) is 0 Å². The van der Waals surface area contributed by atoms with Crippen molar-refractivity contribution in [2.75, 3.05) is 19.8 Å². The molecule has 0 aliphatic carbocycles. The van der Waals surface area contributed by atoms with E-state index in [9.17, 15) is 9.90 Å². The van der Waals surface area contributed by atoms with Crippen LogP contribution in [0.1, 0.15) is 38.7 Å². The Kier molecular flexibility index (Phi) is 5.83. The van der Waals surface area contributed by atoms with E-state index < -0.39 is 0 Å². The van der Waals surface area contributed by atoms with E-state index in [2.05, 4.69) is 19.2 Å². The van der Waals surface area contributed by atoms with Crippen molar-refractivity contribution in [3.05, 3.63) is 29.8 Å². The third-order valence-electron chi connectivity index (χ3n) is 4.22. The van der Waals surface area contributed by atoms with E-state index in [4.69, 9.17) is 4.74 Å². The Morgan fingerprint density at radius 1 is 1.36 bits per heavy atom. The molecule has 1 aromatic rings. The van der Waals surface area contributed by atoms with E-state index in [1.807, 2.05) is 6.07 Å². The average Bonchev–Trinajstić information content (AvgIpc) is 2.46. The van der Waals surface area contributed by atoms with Crippen LogP contribution in [0.2, 0.25) is 0 Å². The van der Waals surface area contributed by atoms with Crippen LogP contribution in [0.4, 0.5) is 0 Å². The molecule has 1 aliphatic rings. The highest BCUT2D eigenvalue weighted by Gasteiger charge is 2.25. The van der Waals surface area contributed by atoms with E-state index in [-0.39, 0.29) is 17.1 Å². The smallest absolute Gasteiger partial charge is 0.224 e. The second-order valence-electron chi connectivity index (χ2n) is 7.05. The summed E-state index contributed by atoms with van der Waals surface area (Å²) in [6.45, 7) is 6.82. The van der Waals surface area contributed by atoms with Gasteiger partial charge in [-0.2, -0.15) is 0 Å². The fraction of sp³-hybridized carbons (Fsp3) is 0.611. The van der Waals surface area contributed by atoms with Crippen LogP contribution in [0.3, 0.4) is 0 Å². The molecule has 2 rings (SSSR count). The van der Waals surface area contributed by atoms with E-state index in [0.29, 0.717) is 18.9 Å². The Labute approximate surface area is 132 Å². The lowest BCUT2D eigenvalue weighted by Crippen LogP contribution is -2.36. The number of nitrogens with one attached hydrogen (secondary N) is 1. The number of phenolic OH excluding ortho intramolecular Hbond substituents is 1. The van der Waals surface area contributed by atoms with Gasteiger partial charge in [0.05, 0.1) is 6.42 Å². The van der Waals surface area contributed by atoms with Gasteiger partial charge in [0.15, 0.2) is 0 Å². The number of aromatic hydroxyl groups is 1. The molecule has 4 heteroatoms. The first-order valence-corrected chi connectivity index (χ1v) is 8.07. The van der Waals surface area contributed by atoms with Crippen molar-refractivity contribution in [1.82, 2.24) is 5.32 Å². The van der Waals surface area contributed by atoms with E-state index in [0.717, 1.165) is 38.0 Å². The summed E-state index contributed by atoms with van der Waals surface area (Å²) < 4.78 is 5.40. The summed E-state index contributed by atoms with van der Waals surface area (Å²) in [5.41, 5.74) is 0.927. The molecular formula is C18H27NO3. The maximum absolute atomic E-state index is 12.0. The largest absolute Gasteiger partial charge is 0.508 e. The first-order valence-electron chi connectivity index (χ1n) is 8.07. The van der Waals surface area contributed by atoms with Gasteiger partial charge in [0, 0.05) is 19.8 Å². The van der Waals surface area contributed by atoms with Gasteiger partial charge in [0.1, 0.15) is 5.75 Å². The van der Waals surface area contributed by atoms with Crippen LogP contribution in [0.15, 0.2) is 24.3 Å². The van der Waals surface area contributed by atoms with Crippen LogP contribution < -0.4 is 5.32 Å². The van der Waals surface area contributed by atoms with Crippen LogP contribution in [-0.4, -0.2) is 30.8 Å². The van der Waals surface area contributed by atoms with Crippen molar-refractivity contribution in [2.45, 2.75) is 39.5 Å². The number of hydrogen-bond acceptors (Lipinski definition) is 3. The van der Waals surface area contributed by atoms with Gasteiger partial charge in [-0.3, -0.25) is 4.79 Å². The minimum absolute atomic E-state index is 0.00523. The van der Waals surface area contributed by atoms with Crippen LogP contribution in [0.5, 0.6) is 5.75 Å². The van der Waals surface area contributed by atoms with Gasteiger partial charge in [-0.1, -0.05) is 26.0 Å². The number of carbonyl (C=O) groups excluding carboxylic acids is 1. The number of carbonyl (C=O) groups is 1. The van der Waals surface area contributed by atoms with Crippen molar-refractivity contribution in [2.24, 2.45) is 11.3 Å². The first kappa shape index (κ1) is 16.8. The van der Waals surface area contributed by atoms with Crippen LogP contribution in [0, 0.1) is 11.3 Å². The Bertz CT molecular complexity index is 493. The SMILES string of the molecule is CC(C)(CNC(=O)Cc1cccc(O)c1)CC1CCOCC1. The molecule has 4 nitrogen and oxygen atoms in total. The zero-order valence-corrected chi connectivity index (χ0v) is 13.6. The highest BCUT2D eigenvalue weighted by atomic mass is 16.5. The van der Waals surface area contributed by atoms with Gasteiger partial charge in [-0.25, -0.2) is 0 Å². The number of hydrogen-bond donors (Lipinski definition) is 2. The van der Waals surface area contributed by atoms with Gasteiger partial charge in [0.2, 0.25) is 5.91 Å². The highest BCUT2D eigenvalue weighted by molar-refractivity contribution is 5.78. The summed E-state index contributed by atoms with van der Waals surface area (Å²) >= 11 is 0. The molecule has 1 heterocycles. The van der Waals surface area contributed by atoms with Gasteiger partial charge in [-0.15, -0.1) is 0 Å². The molecule has 2 N–H and O–H groups in total. The van der Waals surface area contributed by atoms with E-state index >= 15 is 0 Å². The van der Waals surface area contributed by atoms with Crippen molar-refractivity contribution in [3.8, 4) is 5.75 Å². The summed E-state index contributed by atoms with van der Waals surface area (Å²) in [7, 11) is 0. The molecule has 22 heavy (non-hydrogen) atoms. The fourth-order valence-corrected chi connectivity index (χ4v) is 3.06. The topological polar surface area (TPSA) is 58.6 Å². The molecular weight excluding hydrogens is 278 g/mol. The summed E-state index contributed by atoms with van der Waals surface area (Å²) in [5.74, 6) is 0.905. The normalized spacial score (nSPS) is 16.5. The summed E-state index contributed by atoms with van der Waals surface area (Å²) in [4.78, 5) is 12.0. The second kappa shape index (κ2) is 7.63. The predicted octanol–water partition coefficient (Wildman–Crippen LogP) is 2.89. The molecule has 122 valence electrons. The molecule has 0 saturated carbocycles. The molecule has 1 aliphatic heterocycles. The lowest BCUT2D eigenvalue weighted by atomic mass is 9.79. The number of rotatable bonds is 6. The minimum Gasteiger partial charge on any atom is -0.508 e. The molecule has 1 aromatic carbocycles. The number of amides is 1. The van der Waals surface area contributed by atoms with Crippen LogP contribution in [0.25, 0.3) is 0 Å². The minimum atomic E-state index is 0.00523. The Balaban J connectivity index is 1.76. The zero-order chi connectivity index (χ0) is 16.0. The number of ether oxygens (including phenoxy) is 1. The number of phenols is 1. The summed E-state index contributed by atoms with van der Waals surface area (Å²) in [6, 6.07) is 6.85. The van der Waals surface area contributed by atoms with Gasteiger partial charge in [0.25, 0.3) is 0 Å². The van der Waals surface area contributed by atoms with Crippen LogP contribution >= 0.6 is 0 Å². The number of benzene rings is 1. The van der Waals surface area contributed by atoms with Crippen molar-refractivity contribution in [3.63, 3.8) is 0 Å². The average molecular weight is 305 g/mol. The lowest BCUT2D eigenvalue weighted by molar-refractivity contribution is -0.121. The van der Waals surface area contributed by atoms with E-state index in [1.54, 1.807) is 18.2 Å². The lowest BCUT2D eigenvalue weighted by Gasteiger charge is -2.32. The summed E-state index contributed by atoms with van der Waals surface area (Å²) in [5, 5.41) is 12.5. The highest BCUT2D eigenvalue weighted by Crippen LogP contribution is 2.30. The summed E-state index contributed by atoms with van der Waals surface area (Å²) in [6.07, 6.45) is 3.67. The molecule has 0 aromatic heterocycles. The monoisotopic (exact) mass is 305 g/mol. The molecule has 1 amide bonds. The Morgan fingerprint density at radius 2 is 2.09 bits per heavy atom.